The first-order valence-corrected chi connectivity index (χ1v) is 8.54. The van der Waals surface area contributed by atoms with E-state index >= 15 is 0 Å². The Hall–Kier alpha value is -1.62. The molecule has 1 atom stereocenters. The lowest BCUT2D eigenvalue weighted by atomic mass is 10.1. The second-order valence-electron chi connectivity index (χ2n) is 6.59. The molecule has 1 saturated carbocycles. The summed E-state index contributed by atoms with van der Waals surface area (Å²) >= 11 is 0. The third-order valence-electron chi connectivity index (χ3n) is 4.50. The molecule has 0 spiro atoms. The number of rotatable bonds is 5. The molecule has 0 amide bonds. The zero-order chi connectivity index (χ0) is 16.7. The summed E-state index contributed by atoms with van der Waals surface area (Å²) in [6.07, 6.45) is 7.48. The van der Waals surface area contributed by atoms with Crippen LogP contribution in [0.3, 0.4) is 0 Å². The number of hydrogen-bond donors (Lipinski definition) is 2. The Morgan fingerprint density at radius 2 is 2.00 bits per heavy atom. The van der Waals surface area contributed by atoms with Crippen molar-refractivity contribution >= 4 is 5.96 Å². The Morgan fingerprint density at radius 1 is 1.30 bits per heavy atom. The maximum atomic E-state index is 13.4. The molecule has 5 heteroatoms. The topological polar surface area (TPSA) is 53.6 Å². The lowest BCUT2D eigenvalue weighted by Gasteiger charge is -2.24. The second-order valence-corrected chi connectivity index (χ2v) is 6.59. The van der Waals surface area contributed by atoms with Gasteiger partial charge >= 0.3 is 0 Å². The number of likely N-dealkylation sites (N-methyl/N-ethyl adjacent to an activating group) is 1. The van der Waals surface area contributed by atoms with Crippen LogP contribution in [0.25, 0.3) is 0 Å². The number of nitrogens with zero attached hydrogens (tertiary/aromatic N) is 2. The molecule has 0 radical (unpaired) electrons. The third kappa shape index (κ3) is 5.82. The minimum atomic E-state index is -0.220. The molecule has 1 aliphatic carbocycles. The fourth-order valence-electron chi connectivity index (χ4n) is 3.14. The summed E-state index contributed by atoms with van der Waals surface area (Å²) < 4.78 is 13.4. The number of guanidine groups is 1. The second kappa shape index (κ2) is 8.87. The molecule has 2 rings (SSSR count). The molecule has 0 saturated heterocycles. The van der Waals surface area contributed by atoms with Crippen LogP contribution in [0.1, 0.15) is 50.1 Å². The molecule has 0 aromatic heterocycles. The van der Waals surface area contributed by atoms with Gasteiger partial charge in [-0.2, -0.15) is 0 Å². The minimum Gasteiger partial charge on any atom is -0.370 e. The van der Waals surface area contributed by atoms with Gasteiger partial charge in [-0.1, -0.05) is 37.8 Å². The molecule has 1 aromatic carbocycles. The van der Waals surface area contributed by atoms with Crippen LogP contribution >= 0.6 is 0 Å². The van der Waals surface area contributed by atoms with E-state index in [0.29, 0.717) is 18.5 Å². The van der Waals surface area contributed by atoms with Crippen molar-refractivity contribution < 1.29 is 4.39 Å². The summed E-state index contributed by atoms with van der Waals surface area (Å²) in [4.78, 5) is 6.53. The molecule has 0 heterocycles. The first-order chi connectivity index (χ1) is 11.1. The summed E-state index contributed by atoms with van der Waals surface area (Å²) in [5.41, 5.74) is 6.98. The van der Waals surface area contributed by atoms with E-state index < -0.39 is 0 Å². The SMILES string of the molecule is CN(C)C(CN=C(N)NC1CCCCCC1)c1cccc(F)c1. The van der Waals surface area contributed by atoms with Crippen LogP contribution < -0.4 is 11.1 Å². The molecule has 0 aliphatic heterocycles. The maximum absolute atomic E-state index is 13.4. The monoisotopic (exact) mass is 320 g/mol. The van der Waals surface area contributed by atoms with Crippen LogP contribution in [0, 0.1) is 5.82 Å². The quantitative estimate of drug-likeness (QED) is 0.498. The van der Waals surface area contributed by atoms with Gasteiger partial charge in [-0.3, -0.25) is 4.99 Å². The molecule has 3 N–H and O–H groups in total. The van der Waals surface area contributed by atoms with Crippen molar-refractivity contribution in [3.63, 3.8) is 0 Å². The summed E-state index contributed by atoms with van der Waals surface area (Å²) in [6.45, 7) is 0.516. The van der Waals surface area contributed by atoms with E-state index in [0.717, 1.165) is 18.4 Å². The van der Waals surface area contributed by atoms with E-state index in [1.807, 2.05) is 25.1 Å². The van der Waals surface area contributed by atoms with Gasteiger partial charge in [-0.25, -0.2) is 4.39 Å². The van der Waals surface area contributed by atoms with Gasteiger partial charge in [0.15, 0.2) is 5.96 Å². The third-order valence-corrected chi connectivity index (χ3v) is 4.50. The molecule has 4 nitrogen and oxygen atoms in total. The Labute approximate surface area is 139 Å². The van der Waals surface area contributed by atoms with Gasteiger partial charge in [0.1, 0.15) is 5.82 Å². The first-order valence-electron chi connectivity index (χ1n) is 8.54. The average Bonchev–Trinajstić information content (AvgIpc) is 2.76. The number of halogens is 1. The average molecular weight is 320 g/mol. The highest BCUT2D eigenvalue weighted by atomic mass is 19.1. The van der Waals surface area contributed by atoms with E-state index in [2.05, 4.69) is 10.3 Å². The molecule has 1 aliphatic rings. The molecule has 128 valence electrons. The van der Waals surface area contributed by atoms with E-state index in [1.54, 1.807) is 12.1 Å². The number of benzene rings is 1. The molecule has 23 heavy (non-hydrogen) atoms. The molecule has 1 aromatic rings. The van der Waals surface area contributed by atoms with Crippen molar-refractivity contribution in [1.82, 2.24) is 10.2 Å². The Morgan fingerprint density at radius 3 is 2.61 bits per heavy atom. The van der Waals surface area contributed by atoms with E-state index in [-0.39, 0.29) is 11.9 Å². The smallest absolute Gasteiger partial charge is 0.188 e. The van der Waals surface area contributed by atoms with Gasteiger partial charge < -0.3 is 16.0 Å². The predicted molar refractivity (Wildman–Crippen MR) is 93.9 cm³/mol. The normalized spacial score (nSPS) is 18.7. The van der Waals surface area contributed by atoms with Crippen LogP contribution in [0.5, 0.6) is 0 Å². The van der Waals surface area contributed by atoms with Crippen LogP contribution in [0.2, 0.25) is 0 Å². The Bertz CT molecular complexity index is 507. The molecule has 1 unspecified atom stereocenters. The van der Waals surface area contributed by atoms with Gasteiger partial charge in [0.25, 0.3) is 0 Å². The van der Waals surface area contributed by atoms with Gasteiger partial charge in [0.2, 0.25) is 0 Å². The zero-order valence-corrected chi connectivity index (χ0v) is 14.3. The summed E-state index contributed by atoms with van der Waals surface area (Å²) in [5, 5.41) is 3.35. The fraction of sp³-hybridized carbons (Fsp3) is 0.611. The molecular formula is C18H29FN4. The summed E-state index contributed by atoms with van der Waals surface area (Å²) in [5.74, 6) is 0.281. The van der Waals surface area contributed by atoms with Crippen molar-refractivity contribution in [2.45, 2.75) is 50.6 Å². The zero-order valence-electron chi connectivity index (χ0n) is 14.3. The van der Waals surface area contributed by atoms with Crippen molar-refractivity contribution in [3.8, 4) is 0 Å². The lowest BCUT2D eigenvalue weighted by Crippen LogP contribution is -2.40. The molecule has 1 fully saturated rings. The van der Waals surface area contributed by atoms with Crippen molar-refractivity contribution in [2.75, 3.05) is 20.6 Å². The molecular weight excluding hydrogens is 291 g/mol. The summed E-state index contributed by atoms with van der Waals surface area (Å²) in [7, 11) is 3.94. The van der Waals surface area contributed by atoms with Crippen molar-refractivity contribution in [3.05, 3.63) is 35.6 Å². The highest BCUT2D eigenvalue weighted by molar-refractivity contribution is 5.78. The van der Waals surface area contributed by atoms with Gasteiger partial charge in [-0.15, -0.1) is 0 Å². The first kappa shape index (κ1) is 17.7. The van der Waals surface area contributed by atoms with Crippen LogP contribution in [-0.4, -0.2) is 37.5 Å². The van der Waals surface area contributed by atoms with Gasteiger partial charge in [0, 0.05) is 6.04 Å². The number of aliphatic imine (C=N–C) groups is 1. The van der Waals surface area contributed by atoms with Crippen LogP contribution in [0.15, 0.2) is 29.3 Å². The Kier molecular flexibility index (Phi) is 6.84. The summed E-state index contributed by atoms with van der Waals surface area (Å²) in [6, 6.07) is 7.14. The highest BCUT2D eigenvalue weighted by Crippen LogP contribution is 2.20. The Balaban J connectivity index is 1.96. The number of hydrogen-bond acceptors (Lipinski definition) is 2. The van der Waals surface area contributed by atoms with E-state index in [9.17, 15) is 4.39 Å². The highest BCUT2D eigenvalue weighted by Gasteiger charge is 2.16. The van der Waals surface area contributed by atoms with Crippen LogP contribution in [0.4, 0.5) is 4.39 Å². The standard InChI is InChI=1S/C18H29FN4/c1-23(2)17(14-8-7-9-15(19)12-14)13-21-18(20)22-16-10-5-3-4-6-11-16/h7-9,12,16-17H,3-6,10-11,13H2,1-2H3,(H3,20,21,22). The predicted octanol–water partition coefficient (Wildman–Crippen LogP) is 3.06. The minimum absolute atomic E-state index is 0.0141. The molecule has 0 bridgehead atoms. The van der Waals surface area contributed by atoms with Gasteiger partial charge in [-0.05, 0) is 44.6 Å². The van der Waals surface area contributed by atoms with Crippen molar-refractivity contribution in [1.29, 1.82) is 0 Å². The number of nitrogens with two attached hydrogens (primary N) is 1. The van der Waals surface area contributed by atoms with Crippen molar-refractivity contribution in [2.24, 2.45) is 10.7 Å². The van der Waals surface area contributed by atoms with Gasteiger partial charge in [0.05, 0.1) is 12.6 Å². The fourth-order valence-corrected chi connectivity index (χ4v) is 3.14. The lowest BCUT2D eigenvalue weighted by molar-refractivity contribution is 0.305. The number of nitrogens with one attached hydrogen (secondary N) is 1. The maximum Gasteiger partial charge on any atom is 0.188 e. The van der Waals surface area contributed by atoms with E-state index in [4.69, 9.17) is 5.73 Å². The van der Waals surface area contributed by atoms with E-state index in [1.165, 1.54) is 31.7 Å². The largest absolute Gasteiger partial charge is 0.370 e. The van der Waals surface area contributed by atoms with Crippen LogP contribution in [-0.2, 0) is 0 Å².